The lowest BCUT2D eigenvalue weighted by Crippen LogP contribution is -2.40. The van der Waals surface area contributed by atoms with E-state index in [4.69, 9.17) is 10.5 Å². The maximum atomic E-state index is 11.4. The lowest BCUT2D eigenvalue weighted by molar-refractivity contribution is -0.125. The van der Waals surface area contributed by atoms with Crippen molar-refractivity contribution in [1.29, 1.82) is 0 Å². The van der Waals surface area contributed by atoms with Crippen LogP contribution in [-0.2, 0) is 16.0 Å². The fourth-order valence-corrected chi connectivity index (χ4v) is 1.49. The van der Waals surface area contributed by atoms with Gasteiger partial charge in [0.1, 0.15) is 5.75 Å². The summed E-state index contributed by atoms with van der Waals surface area (Å²) in [5.41, 5.74) is 6.18. The van der Waals surface area contributed by atoms with Crippen molar-refractivity contribution in [3.05, 3.63) is 29.8 Å². The monoisotopic (exact) mass is 301 g/mol. The van der Waals surface area contributed by atoms with Crippen LogP contribution in [0.5, 0.6) is 5.75 Å². The van der Waals surface area contributed by atoms with E-state index >= 15 is 0 Å². The van der Waals surface area contributed by atoms with Crippen LogP contribution in [0.4, 0.5) is 0 Å². The van der Waals surface area contributed by atoms with Crippen LogP contribution in [0.15, 0.2) is 24.3 Å². The number of ether oxygens (including phenoxy) is 1. The minimum Gasteiger partial charge on any atom is -0.497 e. The van der Waals surface area contributed by atoms with E-state index in [0.29, 0.717) is 13.0 Å². The van der Waals surface area contributed by atoms with E-state index in [9.17, 15) is 9.59 Å². The lowest BCUT2D eigenvalue weighted by Gasteiger charge is -2.07. The molecule has 0 spiro atoms. The molecule has 0 bridgehead atoms. The Bertz CT molecular complexity index is 441. The van der Waals surface area contributed by atoms with Crippen LogP contribution in [0.2, 0.25) is 0 Å². The van der Waals surface area contributed by atoms with Gasteiger partial charge in [-0.15, -0.1) is 12.4 Å². The van der Waals surface area contributed by atoms with E-state index in [1.807, 2.05) is 24.3 Å². The summed E-state index contributed by atoms with van der Waals surface area (Å²) in [5.74, 6) is 0.215. The molecule has 0 fully saturated rings. The summed E-state index contributed by atoms with van der Waals surface area (Å²) in [7, 11) is 1.61. The van der Waals surface area contributed by atoms with E-state index in [1.54, 1.807) is 7.11 Å². The number of rotatable bonds is 7. The summed E-state index contributed by atoms with van der Waals surface area (Å²) in [6.45, 7) is 0.343. The van der Waals surface area contributed by atoms with Crippen LogP contribution in [0, 0.1) is 0 Å². The first-order valence-electron chi connectivity index (χ1n) is 6.02. The minimum absolute atomic E-state index is 0. The summed E-state index contributed by atoms with van der Waals surface area (Å²) in [5, 5.41) is 5.12. The number of carbonyl (C=O) groups excluding carboxylic acids is 2. The molecule has 0 aliphatic rings. The van der Waals surface area contributed by atoms with Gasteiger partial charge in [-0.2, -0.15) is 0 Å². The van der Waals surface area contributed by atoms with Crippen molar-refractivity contribution in [2.75, 3.05) is 26.7 Å². The topological polar surface area (TPSA) is 93.5 Å². The van der Waals surface area contributed by atoms with Gasteiger partial charge < -0.3 is 21.1 Å². The third-order valence-electron chi connectivity index (χ3n) is 2.50. The number of nitrogens with two attached hydrogens (primary N) is 1. The van der Waals surface area contributed by atoms with Crippen molar-refractivity contribution in [1.82, 2.24) is 10.6 Å². The van der Waals surface area contributed by atoms with E-state index in [-0.39, 0.29) is 37.3 Å². The second kappa shape index (κ2) is 10.1. The standard InChI is InChI=1S/C13H19N3O3.ClH/c1-19-11-4-2-3-10(7-11)5-6-15-13(18)9-16-12(17)8-14;/h2-4,7H,5-6,8-9,14H2,1H3,(H,15,18)(H,16,17);1H. The molecule has 0 aliphatic heterocycles. The summed E-state index contributed by atoms with van der Waals surface area (Å²) in [6.07, 6.45) is 0.702. The molecule has 1 rings (SSSR count). The summed E-state index contributed by atoms with van der Waals surface area (Å²) < 4.78 is 5.11. The largest absolute Gasteiger partial charge is 0.497 e. The van der Waals surface area contributed by atoms with Gasteiger partial charge in [0.25, 0.3) is 0 Å². The molecule has 0 aromatic heterocycles. The predicted octanol–water partition coefficient (Wildman–Crippen LogP) is -0.149. The number of nitrogens with one attached hydrogen (secondary N) is 2. The van der Waals surface area contributed by atoms with Gasteiger partial charge in [0.2, 0.25) is 11.8 Å². The average Bonchev–Trinajstić information content (AvgIpc) is 2.45. The Hall–Kier alpha value is -1.79. The highest BCUT2D eigenvalue weighted by atomic mass is 35.5. The molecule has 0 radical (unpaired) electrons. The first-order chi connectivity index (χ1) is 9.15. The number of benzene rings is 1. The zero-order valence-corrected chi connectivity index (χ0v) is 12.2. The van der Waals surface area contributed by atoms with Gasteiger partial charge in [-0.1, -0.05) is 12.1 Å². The van der Waals surface area contributed by atoms with Crippen molar-refractivity contribution in [3.63, 3.8) is 0 Å². The van der Waals surface area contributed by atoms with Crippen LogP contribution in [0.3, 0.4) is 0 Å². The van der Waals surface area contributed by atoms with Crippen LogP contribution < -0.4 is 21.1 Å². The second-order valence-corrected chi connectivity index (χ2v) is 3.93. The number of hydrogen-bond donors (Lipinski definition) is 3. The normalized spacial score (nSPS) is 9.30. The Kier molecular flexibility index (Phi) is 9.15. The van der Waals surface area contributed by atoms with Crippen molar-refractivity contribution in [2.45, 2.75) is 6.42 Å². The molecule has 112 valence electrons. The molecule has 1 aromatic rings. The van der Waals surface area contributed by atoms with E-state index < -0.39 is 0 Å². The Morgan fingerprint density at radius 1 is 1.25 bits per heavy atom. The predicted molar refractivity (Wildman–Crippen MR) is 79.0 cm³/mol. The van der Waals surface area contributed by atoms with Crippen LogP contribution in [-0.4, -0.2) is 38.6 Å². The first kappa shape index (κ1) is 18.2. The Morgan fingerprint density at radius 2 is 2.00 bits per heavy atom. The van der Waals surface area contributed by atoms with Gasteiger partial charge in [-0.05, 0) is 24.1 Å². The van der Waals surface area contributed by atoms with Crippen LogP contribution in [0.25, 0.3) is 0 Å². The molecule has 0 heterocycles. The van der Waals surface area contributed by atoms with Gasteiger partial charge in [0, 0.05) is 6.54 Å². The maximum Gasteiger partial charge on any atom is 0.239 e. The van der Waals surface area contributed by atoms with Gasteiger partial charge in [-0.25, -0.2) is 0 Å². The lowest BCUT2D eigenvalue weighted by atomic mass is 10.1. The van der Waals surface area contributed by atoms with Crippen molar-refractivity contribution < 1.29 is 14.3 Å². The molecule has 20 heavy (non-hydrogen) atoms. The molecule has 0 saturated carbocycles. The van der Waals surface area contributed by atoms with Crippen molar-refractivity contribution >= 4 is 24.2 Å². The molecule has 0 unspecified atom stereocenters. The van der Waals surface area contributed by atoms with Crippen molar-refractivity contribution in [3.8, 4) is 5.75 Å². The smallest absolute Gasteiger partial charge is 0.239 e. The fourth-order valence-electron chi connectivity index (χ4n) is 1.49. The zero-order chi connectivity index (χ0) is 14.1. The van der Waals surface area contributed by atoms with Crippen molar-refractivity contribution in [2.24, 2.45) is 5.73 Å². The SMILES string of the molecule is COc1cccc(CCNC(=O)CNC(=O)CN)c1.Cl. The van der Waals surface area contributed by atoms with E-state index in [1.165, 1.54) is 0 Å². The molecular weight excluding hydrogens is 282 g/mol. The number of hydrogen-bond acceptors (Lipinski definition) is 4. The van der Waals surface area contributed by atoms with Crippen LogP contribution in [0.1, 0.15) is 5.56 Å². The summed E-state index contributed by atoms with van der Waals surface area (Å²) in [6, 6.07) is 7.65. The highest BCUT2D eigenvalue weighted by Gasteiger charge is 2.03. The molecule has 0 aliphatic carbocycles. The first-order valence-corrected chi connectivity index (χ1v) is 6.02. The Balaban J connectivity index is 0.00000361. The fraction of sp³-hybridized carbons (Fsp3) is 0.385. The van der Waals surface area contributed by atoms with E-state index in [0.717, 1.165) is 11.3 Å². The third-order valence-corrected chi connectivity index (χ3v) is 2.50. The van der Waals surface area contributed by atoms with Gasteiger partial charge in [0.15, 0.2) is 0 Å². The highest BCUT2D eigenvalue weighted by molar-refractivity contribution is 5.85. The Labute approximate surface area is 124 Å². The summed E-state index contributed by atoms with van der Waals surface area (Å²) in [4.78, 5) is 22.2. The van der Waals surface area contributed by atoms with E-state index in [2.05, 4.69) is 10.6 Å². The minimum atomic E-state index is -0.344. The number of halogens is 1. The maximum absolute atomic E-state index is 11.4. The van der Waals surface area contributed by atoms with Gasteiger partial charge in [-0.3, -0.25) is 9.59 Å². The zero-order valence-electron chi connectivity index (χ0n) is 11.3. The van der Waals surface area contributed by atoms with Gasteiger partial charge >= 0.3 is 0 Å². The second-order valence-electron chi connectivity index (χ2n) is 3.93. The molecule has 7 heteroatoms. The molecular formula is C13H20ClN3O3. The number of methoxy groups -OCH3 is 1. The Morgan fingerprint density at radius 3 is 2.65 bits per heavy atom. The molecule has 6 nitrogen and oxygen atoms in total. The molecule has 1 aromatic carbocycles. The third kappa shape index (κ3) is 6.96. The quantitative estimate of drug-likeness (QED) is 0.653. The number of carbonyl (C=O) groups is 2. The molecule has 0 saturated heterocycles. The van der Waals surface area contributed by atoms with Gasteiger partial charge in [0.05, 0.1) is 20.2 Å². The van der Waals surface area contributed by atoms with Crippen LogP contribution >= 0.6 is 12.4 Å². The number of amides is 2. The molecule has 4 N–H and O–H groups in total. The molecule has 0 atom stereocenters. The molecule has 2 amide bonds. The summed E-state index contributed by atoms with van der Waals surface area (Å²) >= 11 is 0. The average molecular weight is 302 g/mol. The highest BCUT2D eigenvalue weighted by Crippen LogP contribution is 2.12.